The van der Waals surface area contributed by atoms with E-state index < -0.39 is 23.5 Å². The maximum atomic E-state index is 13.5. The molecule has 6 heteroatoms. The Morgan fingerprint density at radius 2 is 1.72 bits per heavy atom. The number of carbonyl (C=O) groups is 2. The van der Waals surface area contributed by atoms with Crippen LogP contribution >= 0.6 is 0 Å². The van der Waals surface area contributed by atoms with Crippen LogP contribution in [0.4, 0.5) is 0 Å². The van der Waals surface area contributed by atoms with Crippen molar-refractivity contribution in [2.24, 2.45) is 0 Å². The number of Topliss-reactive ketones (excluding diaryl/α,β-unsaturated/α-hetero) is 1. The first-order valence-corrected chi connectivity index (χ1v) is 10.3. The molecule has 5 rings (SSSR count). The maximum absolute atomic E-state index is 13.5. The van der Waals surface area contributed by atoms with Crippen LogP contribution in [0.5, 0.6) is 0 Å². The first kappa shape index (κ1) is 19.8. The van der Waals surface area contributed by atoms with E-state index >= 15 is 0 Å². The second-order valence-corrected chi connectivity index (χ2v) is 7.66. The van der Waals surface area contributed by atoms with Crippen LogP contribution < -0.4 is 0 Å². The Bertz CT molecular complexity index is 1290. The molecule has 1 N–H and O–H groups in total. The second kappa shape index (κ2) is 8.15. The van der Waals surface area contributed by atoms with E-state index in [1.54, 1.807) is 36.7 Å². The van der Waals surface area contributed by atoms with E-state index in [0.29, 0.717) is 24.1 Å². The minimum atomic E-state index is -0.727. The average molecular weight is 424 g/mol. The summed E-state index contributed by atoms with van der Waals surface area (Å²) in [6, 6.07) is 21.5. The number of aromatic nitrogens is 1. The van der Waals surface area contributed by atoms with Gasteiger partial charge in [-0.05, 0) is 41.8 Å². The minimum absolute atomic E-state index is 0.0216. The first-order chi connectivity index (χ1) is 15.6. The van der Waals surface area contributed by atoms with Gasteiger partial charge in [-0.15, -0.1) is 0 Å². The summed E-state index contributed by atoms with van der Waals surface area (Å²) in [5, 5.41) is 11.6. The molecular formula is C26H20N2O4. The summed E-state index contributed by atoms with van der Waals surface area (Å²) < 4.78 is 5.74. The molecule has 2 aromatic heterocycles. The number of fused-ring (bicyclic) bond motifs is 1. The van der Waals surface area contributed by atoms with Crippen LogP contribution in [-0.4, -0.2) is 33.2 Å². The van der Waals surface area contributed by atoms with E-state index in [0.717, 1.165) is 10.9 Å². The van der Waals surface area contributed by atoms with Crippen LogP contribution in [0.3, 0.4) is 0 Å². The lowest BCUT2D eigenvalue weighted by molar-refractivity contribution is -0.129. The van der Waals surface area contributed by atoms with Crippen LogP contribution in [-0.2, 0) is 11.2 Å². The van der Waals surface area contributed by atoms with Crippen molar-refractivity contribution < 1.29 is 19.1 Å². The number of rotatable bonds is 6. The Balaban J connectivity index is 1.53. The number of furan rings is 1. The van der Waals surface area contributed by atoms with E-state index in [2.05, 4.69) is 4.98 Å². The molecule has 158 valence electrons. The molecular weight excluding hydrogens is 404 g/mol. The van der Waals surface area contributed by atoms with Gasteiger partial charge < -0.3 is 14.4 Å². The summed E-state index contributed by atoms with van der Waals surface area (Å²) >= 11 is 0. The molecule has 0 bridgehead atoms. The van der Waals surface area contributed by atoms with Gasteiger partial charge in [0.25, 0.3) is 5.91 Å². The van der Waals surface area contributed by atoms with E-state index in [4.69, 9.17) is 4.42 Å². The molecule has 0 fully saturated rings. The van der Waals surface area contributed by atoms with Crippen LogP contribution in [0.2, 0.25) is 0 Å². The molecule has 0 radical (unpaired) electrons. The summed E-state index contributed by atoms with van der Waals surface area (Å²) in [7, 11) is 0. The van der Waals surface area contributed by atoms with Gasteiger partial charge in [-0.2, -0.15) is 0 Å². The molecule has 3 heterocycles. The molecule has 6 nitrogen and oxygen atoms in total. The maximum Gasteiger partial charge on any atom is 0.290 e. The second-order valence-electron chi connectivity index (χ2n) is 7.66. The monoisotopic (exact) mass is 424 g/mol. The normalized spacial score (nSPS) is 16.2. The minimum Gasteiger partial charge on any atom is -0.503 e. The molecule has 1 aliphatic rings. The van der Waals surface area contributed by atoms with Gasteiger partial charge in [0, 0.05) is 24.3 Å². The van der Waals surface area contributed by atoms with E-state index in [9.17, 15) is 14.7 Å². The molecule has 0 unspecified atom stereocenters. The Hall–Kier alpha value is -4.19. The Morgan fingerprint density at radius 3 is 2.47 bits per heavy atom. The van der Waals surface area contributed by atoms with E-state index in [1.807, 2.05) is 48.5 Å². The summed E-state index contributed by atoms with van der Waals surface area (Å²) in [4.78, 5) is 32.1. The predicted molar refractivity (Wildman–Crippen MR) is 119 cm³/mol. The van der Waals surface area contributed by atoms with Crippen molar-refractivity contribution in [3.05, 3.63) is 113 Å². The molecule has 0 saturated heterocycles. The molecule has 1 amide bonds. The zero-order valence-electron chi connectivity index (χ0n) is 17.1. The lowest BCUT2D eigenvalue weighted by atomic mass is 9.95. The van der Waals surface area contributed by atoms with Gasteiger partial charge in [0.1, 0.15) is 5.58 Å². The number of ketones is 1. The van der Waals surface area contributed by atoms with Crippen molar-refractivity contribution in [3.63, 3.8) is 0 Å². The quantitative estimate of drug-likeness (QED) is 0.456. The summed E-state index contributed by atoms with van der Waals surface area (Å²) in [5.74, 6) is -1.52. The Kier molecular flexibility index (Phi) is 5.03. The number of amides is 1. The number of aliphatic hydroxyl groups excluding tert-OH is 1. The van der Waals surface area contributed by atoms with Crippen LogP contribution in [0, 0.1) is 0 Å². The van der Waals surface area contributed by atoms with Gasteiger partial charge in [0.2, 0.25) is 5.78 Å². The van der Waals surface area contributed by atoms with Crippen molar-refractivity contribution in [3.8, 4) is 0 Å². The molecule has 0 aliphatic carbocycles. The van der Waals surface area contributed by atoms with Crippen molar-refractivity contribution in [1.29, 1.82) is 0 Å². The van der Waals surface area contributed by atoms with Gasteiger partial charge in [-0.25, -0.2) is 0 Å². The molecule has 1 aliphatic heterocycles. The number of hydrogen-bond acceptors (Lipinski definition) is 5. The summed E-state index contributed by atoms with van der Waals surface area (Å²) in [5.41, 5.74) is 2.35. The highest BCUT2D eigenvalue weighted by molar-refractivity contribution is 6.16. The Morgan fingerprint density at radius 1 is 1.00 bits per heavy atom. The average Bonchev–Trinajstić information content (AvgIpc) is 3.38. The molecule has 32 heavy (non-hydrogen) atoms. The number of para-hydroxylation sites is 1. The highest BCUT2D eigenvalue weighted by Gasteiger charge is 2.44. The largest absolute Gasteiger partial charge is 0.503 e. The topological polar surface area (TPSA) is 83.6 Å². The number of nitrogens with zero attached hydrogens (tertiary/aromatic N) is 2. The SMILES string of the molecule is O=C(C1=C(O)C(=O)N(CCc2ccccc2)[C@@H]1c1ccncc1)c1cc2ccccc2o1. The molecule has 4 aromatic rings. The van der Waals surface area contributed by atoms with Gasteiger partial charge in [-0.3, -0.25) is 14.6 Å². The third-order valence-corrected chi connectivity index (χ3v) is 5.70. The standard InChI is InChI=1S/C26H20N2O4/c29-24(21-16-19-8-4-5-9-20(19)32-21)22-23(18-10-13-27-14-11-18)28(26(31)25(22)30)15-12-17-6-2-1-3-7-17/h1-11,13-14,16,23,30H,12,15H2/t23-/m1/s1. The predicted octanol–water partition coefficient (Wildman–Crippen LogP) is 4.65. The molecule has 0 spiro atoms. The lowest BCUT2D eigenvalue weighted by Crippen LogP contribution is -2.33. The lowest BCUT2D eigenvalue weighted by Gasteiger charge is -2.26. The summed E-state index contributed by atoms with van der Waals surface area (Å²) in [6.07, 6.45) is 3.80. The zero-order valence-corrected chi connectivity index (χ0v) is 17.1. The van der Waals surface area contributed by atoms with Crippen LogP contribution in [0.25, 0.3) is 11.0 Å². The smallest absolute Gasteiger partial charge is 0.290 e. The van der Waals surface area contributed by atoms with E-state index in [1.165, 1.54) is 4.90 Å². The van der Waals surface area contributed by atoms with Crippen molar-refractivity contribution in [2.75, 3.05) is 6.54 Å². The van der Waals surface area contributed by atoms with Gasteiger partial charge in [0.05, 0.1) is 11.6 Å². The van der Waals surface area contributed by atoms with Gasteiger partial charge in [0.15, 0.2) is 11.5 Å². The van der Waals surface area contributed by atoms with Crippen molar-refractivity contribution in [1.82, 2.24) is 9.88 Å². The fourth-order valence-electron chi connectivity index (χ4n) is 4.13. The first-order valence-electron chi connectivity index (χ1n) is 10.3. The third kappa shape index (κ3) is 3.46. The number of benzene rings is 2. The highest BCUT2D eigenvalue weighted by Crippen LogP contribution is 2.39. The van der Waals surface area contributed by atoms with Crippen LogP contribution in [0.1, 0.15) is 27.7 Å². The number of pyridine rings is 1. The number of hydrogen-bond donors (Lipinski definition) is 1. The zero-order chi connectivity index (χ0) is 22.1. The van der Waals surface area contributed by atoms with Crippen molar-refractivity contribution >= 4 is 22.7 Å². The third-order valence-electron chi connectivity index (χ3n) is 5.70. The number of carbonyl (C=O) groups excluding carboxylic acids is 2. The van der Waals surface area contributed by atoms with E-state index in [-0.39, 0.29) is 11.3 Å². The summed E-state index contributed by atoms with van der Waals surface area (Å²) in [6.45, 7) is 0.344. The van der Waals surface area contributed by atoms with Gasteiger partial charge in [-0.1, -0.05) is 48.5 Å². The fraction of sp³-hybridized carbons (Fsp3) is 0.115. The van der Waals surface area contributed by atoms with Crippen LogP contribution in [0.15, 0.2) is 101 Å². The number of aliphatic hydroxyl groups is 1. The van der Waals surface area contributed by atoms with Gasteiger partial charge >= 0.3 is 0 Å². The molecule has 2 aromatic carbocycles. The highest BCUT2D eigenvalue weighted by atomic mass is 16.3. The molecule has 1 atom stereocenters. The van der Waals surface area contributed by atoms with Crippen molar-refractivity contribution in [2.45, 2.75) is 12.5 Å². The Labute approximate surface area is 184 Å². The fourth-order valence-corrected chi connectivity index (χ4v) is 4.13. The molecule has 0 saturated carbocycles.